The molecule has 6 nitrogen and oxygen atoms in total. The van der Waals surface area contributed by atoms with Gasteiger partial charge in [0.05, 0.1) is 12.7 Å². The molecular formula is C19H21ClN6. The average molecular weight is 369 g/mol. The molecule has 1 aromatic carbocycles. The Morgan fingerprint density at radius 1 is 1.23 bits per heavy atom. The van der Waals surface area contributed by atoms with Crippen LogP contribution in [-0.2, 0) is 6.54 Å². The summed E-state index contributed by atoms with van der Waals surface area (Å²) in [6.45, 7) is 4.84. The molecule has 0 spiro atoms. The van der Waals surface area contributed by atoms with Crippen LogP contribution >= 0.6 is 11.6 Å². The molecule has 2 atom stereocenters. The van der Waals surface area contributed by atoms with Crippen LogP contribution in [0.4, 0.5) is 17.5 Å². The van der Waals surface area contributed by atoms with Crippen LogP contribution in [0.5, 0.6) is 0 Å². The van der Waals surface area contributed by atoms with Gasteiger partial charge in [-0.05, 0) is 42.5 Å². The fourth-order valence-corrected chi connectivity index (χ4v) is 4.36. The van der Waals surface area contributed by atoms with E-state index in [2.05, 4.69) is 44.6 Å². The third-order valence-corrected chi connectivity index (χ3v) is 5.85. The van der Waals surface area contributed by atoms with E-state index in [1.54, 1.807) is 6.20 Å². The fraction of sp³-hybridized carbons (Fsp3) is 0.421. The van der Waals surface area contributed by atoms with Crippen molar-refractivity contribution in [2.24, 2.45) is 4.99 Å². The van der Waals surface area contributed by atoms with Crippen LogP contribution in [0.3, 0.4) is 0 Å². The summed E-state index contributed by atoms with van der Waals surface area (Å²) in [5, 5.41) is 7.44. The lowest BCUT2D eigenvalue weighted by Gasteiger charge is -2.35. The summed E-state index contributed by atoms with van der Waals surface area (Å²) in [6, 6.07) is 5.24. The minimum Gasteiger partial charge on any atom is -0.339 e. The lowest BCUT2D eigenvalue weighted by Crippen LogP contribution is -2.52. The van der Waals surface area contributed by atoms with E-state index in [0.717, 1.165) is 42.4 Å². The molecule has 4 heterocycles. The summed E-state index contributed by atoms with van der Waals surface area (Å²) >= 11 is 6.40. The lowest BCUT2D eigenvalue weighted by molar-refractivity contribution is 0.477. The molecule has 5 rings (SSSR count). The molecular weight excluding hydrogens is 348 g/mol. The summed E-state index contributed by atoms with van der Waals surface area (Å²) < 4.78 is 0. The minimum absolute atomic E-state index is 0.473. The average Bonchev–Trinajstić information content (AvgIpc) is 3.18. The molecule has 0 saturated carbocycles. The first-order valence-electron chi connectivity index (χ1n) is 9.11. The van der Waals surface area contributed by atoms with Crippen molar-refractivity contribution in [3.05, 3.63) is 40.0 Å². The van der Waals surface area contributed by atoms with E-state index in [-0.39, 0.29) is 0 Å². The summed E-state index contributed by atoms with van der Waals surface area (Å²) in [5.74, 6) is 1.43. The van der Waals surface area contributed by atoms with Crippen LogP contribution in [0.1, 0.15) is 29.5 Å². The second-order valence-corrected chi connectivity index (χ2v) is 7.68. The Kier molecular flexibility index (Phi) is 3.83. The largest absolute Gasteiger partial charge is 0.339 e. The Labute approximate surface area is 157 Å². The number of nitrogens with one attached hydrogen (secondary N) is 2. The van der Waals surface area contributed by atoms with Crippen LogP contribution in [0.25, 0.3) is 0 Å². The predicted molar refractivity (Wildman–Crippen MR) is 105 cm³/mol. The molecule has 0 amide bonds. The number of halogens is 1. The van der Waals surface area contributed by atoms with E-state index in [9.17, 15) is 0 Å². The van der Waals surface area contributed by atoms with Crippen molar-refractivity contribution < 1.29 is 0 Å². The van der Waals surface area contributed by atoms with E-state index in [1.165, 1.54) is 18.4 Å². The van der Waals surface area contributed by atoms with Crippen molar-refractivity contribution in [1.82, 2.24) is 15.3 Å². The Morgan fingerprint density at radius 2 is 2.04 bits per heavy atom. The Hall–Kier alpha value is -2.18. The first-order valence-corrected chi connectivity index (χ1v) is 9.49. The monoisotopic (exact) mass is 368 g/mol. The topological polar surface area (TPSA) is 65.4 Å². The number of hydrogen-bond donors (Lipinski definition) is 2. The van der Waals surface area contributed by atoms with Crippen molar-refractivity contribution in [3.8, 4) is 0 Å². The number of benzene rings is 1. The molecule has 2 saturated heterocycles. The highest BCUT2D eigenvalue weighted by Crippen LogP contribution is 2.33. The van der Waals surface area contributed by atoms with Gasteiger partial charge in [0, 0.05) is 37.1 Å². The molecule has 1 aromatic heterocycles. The molecule has 2 fully saturated rings. The molecule has 7 heteroatoms. The number of aromatic nitrogens is 2. The Bertz CT molecular complexity index is 880. The van der Waals surface area contributed by atoms with E-state index in [0.29, 0.717) is 22.9 Å². The molecule has 2 N–H and O–H groups in total. The van der Waals surface area contributed by atoms with Crippen molar-refractivity contribution >= 4 is 35.3 Å². The maximum Gasteiger partial charge on any atom is 0.227 e. The summed E-state index contributed by atoms with van der Waals surface area (Å²) in [5.41, 5.74) is 4.59. The highest BCUT2D eigenvalue weighted by molar-refractivity contribution is 6.32. The fourth-order valence-electron chi connectivity index (χ4n) is 4.22. The van der Waals surface area contributed by atoms with Crippen molar-refractivity contribution in [2.45, 2.75) is 38.4 Å². The summed E-state index contributed by atoms with van der Waals surface area (Å²) in [6.07, 6.45) is 6.01. The van der Waals surface area contributed by atoms with Crippen LogP contribution in [0, 0.1) is 6.92 Å². The summed E-state index contributed by atoms with van der Waals surface area (Å²) in [4.78, 5) is 16.0. The first kappa shape index (κ1) is 16.0. The summed E-state index contributed by atoms with van der Waals surface area (Å²) in [7, 11) is 0. The maximum atomic E-state index is 6.40. The van der Waals surface area contributed by atoms with E-state index in [4.69, 9.17) is 16.6 Å². The highest BCUT2D eigenvalue weighted by atomic mass is 35.5. The zero-order valence-corrected chi connectivity index (χ0v) is 15.4. The molecule has 3 aliphatic heterocycles. The highest BCUT2D eigenvalue weighted by Gasteiger charge is 2.38. The quantitative estimate of drug-likeness (QED) is 0.871. The Morgan fingerprint density at radius 3 is 2.85 bits per heavy atom. The van der Waals surface area contributed by atoms with Gasteiger partial charge in [-0.15, -0.1) is 0 Å². The van der Waals surface area contributed by atoms with Gasteiger partial charge in [0.25, 0.3) is 0 Å². The molecule has 2 aromatic rings. The molecule has 134 valence electrons. The molecule has 3 aliphatic rings. The minimum atomic E-state index is 0.473. The smallest absolute Gasteiger partial charge is 0.227 e. The Balaban J connectivity index is 1.47. The van der Waals surface area contributed by atoms with Crippen LogP contribution in [-0.4, -0.2) is 41.4 Å². The van der Waals surface area contributed by atoms with E-state index >= 15 is 0 Å². The van der Waals surface area contributed by atoms with Crippen molar-refractivity contribution in [3.63, 3.8) is 0 Å². The molecule has 0 radical (unpaired) electrons. The second-order valence-electron chi connectivity index (χ2n) is 7.28. The van der Waals surface area contributed by atoms with Crippen LogP contribution in [0.15, 0.2) is 23.3 Å². The number of nitrogens with zero attached hydrogens (tertiary/aromatic N) is 4. The molecule has 0 aliphatic carbocycles. The van der Waals surface area contributed by atoms with Crippen LogP contribution in [0.2, 0.25) is 5.02 Å². The number of rotatable bonds is 3. The molecule has 26 heavy (non-hydrogen) atoms. The third kappa shape index (κ3) is 2.64. The maximum absolute atomic E-state index is 6.40. The number of hydrogen-bond acceptors (Lipinski definition) is 6. The van der Waals surface area contributed by atoms with Gasteiger partial charge in [0.2, 0.25) is 5.95 Å². The number of aryl methyl sites for hydroxylation is 1. The van der Waals surface area contributed by atoms with Crippen molar-refractivity contribution in [2.75, 3.05) is 23.3 Å². The number of piperazine rings is 1. The van der Waals surface area contributed by atoms with Gasteiger partial charge in [-0.2, -0.15) is 4.98 Å². The number of fused-ring (bicyclic) bond motifs is 3. The van der Waals surface area contributed by atoms with Gasteiger partial charge in [-0.3, -0.25) is 4.99 Å². The van der Waals surface area contributed by atoms with Gasteiger partial charge < -0.3 is 15.5 Å². The zero-order valence-electron chi connectivity index (χ0n) is 14.7. The first-order chi connectivity index (χ1) is 12.7. The SMILES string of the molecule is Cc1cc2c(cc1Nc1nc(N3C4CCC3CNC4)ncc1Cl)C=NC2. The molecule has 2 unspecified atom stereocenters. The van der Waals surface area contributed by atoms with Crippen LogP contribution < -0.4 is 15.5 Å². The van der Waals surface area contributed by atoms with E-state index in [1.807, 2.05) is 6.21 Å². The lowest BCUT2D eigenvalue weighted by atomic mass is 10.0. The second kappa shape index (κ2) is 6.21. The predicted octanol–water partition coefficient (Wildman–Crippen LogP) is 3.06. The normalized spacial score (nSPS) is 23.4. The molecule has 2 bridgehead atoms. The van der Waals surface area contributed by atoms with Crippen molar-refractivity contribution in [1.29, 1.82) is 0 Å². The van der Waals surface area contributed by atoms with Gasteiger partial charge in [0.15, 0.2) is 5.82 Å². The zero-order chi connectivity index (χ0) is 17.7. The number of anilines is 3. The standard InChI is InChI=1S/C19H21ClN6/c1-11-4-12-6-21-7-13(12)5-17(11)24-18-16(20)10-23-19(25-18)26-14-2-3-15(26)9-22-8-14/h4-5,7,10,14-15,22H,2-3,6,8-9H2,1H3,(H,23,24,25). The third-order valence-electron chi connectivity index (χ3n) is 5.57. The van der Waals surface area contributed by atoms with Gasteiger partial charge in [0.1, 0.15) is 5.02 Å². The van der Waals surface area contributed by atoms with Gasteiger partial charge in [-0.1, -0.05) is 17.7 Å². The van der Waals surface area contributed by atoms with Gasteiger partial charge >= 0.3 is 0 Å². The van der Waals surface area contributed by atoms with Gasteiger partial charge in [-0.25, -0.2) is 4.98 Å². The number of aliphatic imine (C=N–C) groups is 1. The van der Waals surface area contributed by atoms with E-state index < -0.39 is 0 Å².